The molecule has 0 atom stereocenters. The van der Waals surface area contributed by atoms with E-state index in [-0.39, 0.29) is 0 Å². The molecule has 2 aromatic rings. The first-order valence-electron chi connectivity index (χ1n) is 6.95. The molecular weight excluding hydrogens is 236 g/mol. The molecule has 4 nitrogen and oxygen atoms in total. The van der Waals surface area contributed by atoms with Crippen LogP contribution in [-0.2, 0) is 0 Å². The summed E-state index contributed by atoms with van der Waals surface area (Å²) in [6.07, 6.45) is 4.37. The van der Waals surface area contributed by atoms with Crippen LogP contribution in [-0.4, -0.2) is 41.5 Å². The minimum atomic E-state index is 0.754. The lowest BCUT2D eigenvalue weighted by atomic mass is 9.97. The fourth-order valence-electron chi connectivity index (χ4n) is 2.56. The lowest BCUT2D eigenvalue weighted by Crippen LogP contribution is -2.33. The van der Waals surface area contributed by atoms with Gasteiger partial charge in [0.05, 0.1) is 17.2 Å². The SMILES string of the molecule is CN1CCC(CNc2cnc3ccccc3n2)CC1. The number of anilines is 1. The highest BCUT2D eigenvalue weighted by atomic mass is 15.1. The van der Waals surface area contributed by atoms with Crippen LogP contribution in [0, 0.1) is 5.92 Å². The molecule has 0 aliphatic carbocycles. The maximum atomic E-state index is 4.59. The molecule has 100 valence electrons. The van der Waals surface area contributed by atoms with Gasteiger partial charge in [-0.05, 0) is 51.0 Å². The number of para-hydroxylation sites is 2. The molecule has 0 radical (unpaired) electrons. The van der Waals surface area contributed by atoms with E-state index < -0.39 is 0 Å². The van der Waals surface area contributed by atoms with Gasteiger partial charge in [-0.2, -0.15) is 0 Å². The lowest BCUT2D eigenvalue weighted by molar-refractivity contribution is 0.226. The summed E-state index contributed by atoms with van der Waals surface area (Å²) in [5.41, 5.74) is 1.91. The van der Waals surface area contributed by atoms with Gasteiger partial charge in [-0.3, -0.25) is 4.98 Å². The molecular formula is C15H20N4. The van der Waals surface area contributed by atoms with E-state index in [0.717, 1.165) is 29.3 Å². The van der Waals surface area contributed by atoms with Crippen molar-refractivity contribution in [1.82, 2.24) is 14.9 Å². The maximum Gasteiger partial charge on any atom is 0.145 e. The van der Waals surface area contributed by atoms with Crippen LogP contribution in [0.2, 0.25) is 0 Å². The molecule has 1 aromatic carbocycles. The van der Waals surface area contributed by atoms with Crippen molar-refractivity contribution >= 4 is 16.9 Å². The van der Waals surface area contributed by atoms with Crippen molar-refractivity contribution in [2.24, 2.45) is 5.92 Å². The van der Waals surface area contributed by atoms with Gasteiger partial charge in [0.1, 0.15) is 5.82 Å². The van der Waals surface area contributed by atoms with E-state index in [1.54, 1.807) is 0 Å². The number of fused-ring (bicyclic) bond motifs is 1. The van der Waals surface area contributed by atoms with Gasteiger partial charge in [0.15, 0.2) is 0 Å². The van der Waals surface area contributed by atoms with E-state index in [1.165, 1.54) is 25.9 Å². The van der Waals surface area contributed by atoms with Crippen LogP contribution >= 0.6 is 0 Å². The monoisotopic (exact) mass is 256 g/mol. The number of piperidine rings is 1. The first kappa shape index (κ1) is 12.4. The van der Waals surface area contributed by atoms with Gasteiger partial charge < -0.3 is 10.2 Å². The van der Waals surface area contributed by atoms with Crippen LogP contribution in [0.3, 0.4) is 0 Å². The summed E-state index contributed by atoms with van der Waals surface area (Å²) < 4.78 is 0. The van der Waals surface area contributed by atoms with E-state index in [0.29, 0.717) is 0 Å². The van der Waals surface area contributed by atoms with Crippen LogP contribution in [0.25, 0.3) is 11.0 Å². The molecule has 0 unspecified atom stereocenters. The Kier molecular flexibility index (Phi) is 3.60. The first-order chi connectivity index (χ1) is 9.31. The quantitative estimate of drug-likeness (QED) is 0.915. The molecule has 3 rings (SSSR count). The molecule has 1 N–H and O–H groups in total. The summed E-state index contributed by atoms with van der Waals surface area (Å²) in [5, 5.41) is 3.43. The molecule has 0 spiro atoms. The fourth-order valence-corrected chi connectivity index (χ4v) is 2.56. The summed E-state index contributed by atoms with van der Waals surface area (Å²) in [6, 6.07) is 7.98. The van der Waals surface area contributed by atoms with Gasteiger partial charge in [0.2, 0.25) is 0 Å². The highest BCUT2D eigenvalue weighted by Gasteiger charge is 2.16. The standard InChI is InChI=1S/C15H20N4/c1-19-8-6-12(7-9-19)10-17-15-11-16-13-4-2-3-5-14(13)18-15/h2-5,11-12H,6-10H2,1H3,(H,17,18). The van der Waals surface area contributed by atoms with Gasteiger partial charge in [0.25, 0.3) is 0 Å². The summed E-state index contributed by atoms with van der Waals surface area (Å²) >= 11 is 0. The Morgan fingerprint density at radius 2 is 1.95 bits per heavy atom. The van der Waals surface area contributed by atoms with Crippen LogP contribution in [0.15, 0.2) is 30.5 Å². The number of likely N-dealkylation sites (tertiary alicyclic amines) is 1. The molecule has 1 fully saturated rings. The average Bonchev–Trinajstić information content (AvgIpc) is 2.46. The first-order valence-corrected chi connectivity index (χ1v) is 6.95. The Labute approximate surface area is 113 Å². The fraction of sp³-hybridized carbons (Fsp3) is 0.467. The third-order valence-corrected chi connectivity index (χ3v) is 3.86. The average molecular weight is 256 g/mol. The summed E-state index contributed by atoms with van der Waals surface area (Å²) in [7, 11) is 2.19. The largest absolute Gasteiger partial charge is 0.368 e. The van der Waals surface area contributed by atoms with E-state index in [4.69, 9.17) is 0 Å². The molecule has 1 aliphatic heterocycles. The second kappa shape index (κ2) is 5.53. The molecule has 19 heavy (non-hydrogen) atoms. The predicted octanol–water partition coefficient (Wildman–Crippen LogP) is 2.38. The minimum absolute atomic E-state index is 0.754. The van der Waals surface area contributed by atoms with Crippen molar-refractivity contribution in [3.8, 4) is 0 Å². The maximum absolute atomic E-state index is 4.59. The van der Waals surface area contributed by atoms with Gasteiger partial charge >= 0.3 is 0 Å². The predicted molar refractivity (Wildman–Crippen MR) is 78.2 cm³/mol. The van der Waals surface area contributed by atoms with E-state index in [2.05, 4.69) is 27.2 Å². The lowest BCUT2D eigenvalue weighted by Gasteiger charge is -2.29. The Hall–Kier alpha value is -1.68. The number of nitrogens with zero attached hydrogens (tertiary/aromatic N) is 3. The van der Waals surface area contributed by atoms with Crippen molar-refractivity contribution in [3.63, 3.8) is 0 Å². The van der Waals surface area contributed by atoms with E-state index in [9.17, 15) is 0 Å². The number of nitrogens with one attached hydrogen (secondary N) is 1. The van der Waals surface area contributed by atoms with Gasteiger partial charge in [0, 0.05) is 6.54 Å². The molecule has 0 bridgehead atoms. The van der Waals surface area contributed by atoms with E-state index >= 15 is 0 Å². The molecule has 1 saturated heterocycles. The highest BCUT2D eigenvalue weighted by Crippen LogP contribution is 2.17. The summed E-state index contributed by atoms with van der Waals surface area (Å²) in [4.78, 5) is 11.4. The van der Waals surface area contributed by atoms with Gasteiger partial charge in [-0.1, -0.05) is 12.1 Å². The topological polar surface area (TPSA) is 41.0 Å². The molecule has 1 aliphatic rings. The van der Waals surface area contributed by atoms with Crippen LogP contribution in [0.1, 0.15) is 12.8 Å². The van der Waals surface area contributed by atoms with Crippen LogP contribution in [0.5, 0.6) is 0 Å². The third kappa shape index (κ3) is 3.01. The Balaban J connectivity index is 1.62. The number of benzene rings is 1. The Morgan fingerprint density at radius 3 is 2.74 bits per heavy atom. The normalized spacial score (nSPS) is 17.7. The molecule has 2 heterocycles. The summed E-state index contributed by atoms with van der Waals surface area (Å²) in [5.74, 6) is 1.64. The smallest absolute Gasteiger partial charge is 0.145 e. The molecule has 0 amide bonds. The number of rotatable bonds is 3. The zero-order valence-electron chi connectivity index (χ0n) is 11.3. The number of hydrogen-bond donors (Lipinski definition) is 1. The zero-order valence-corrected chi connectivity index (χ0v) is 11.3. The highest BCUT2D eigenvalue weighted by molar-refractivity contribution is 5.75. The minimum Gasteiger partial charge on any atom is -0.368 e. The summed E-state index contributed by atoms with van der Waals surface area (Å²) in [6.45, 7) is 3.41. The van der Waals surface area contributed by atoms with Gasteiger partial charge in [-0.15, -0.1) is 0 Å². The zero-order chi connectivity index (χ0) is 13.1. The Morgan fingerprint density at radius 1 is 1.21 bits per heavy atom. The number of aromatic nitrogens is 2. The molecule has 4 heteroatoms. The van der Waals surface area contributed by atoms with Crippen molar-refractivity contribution in [1.29, 1.82) is 0 Å². The van der Waals surface area contributed by atoms with Crippen molar-refractivity contribution in [2.45, 2.75) is 12.8 Å². The number of hydrogen-bond acceptors (Lipinski definition) is 4. The van der Waals surface area contributed by atoms with Crippen molar-refractivity contribution in [2.75, 3.05) is 32.0 Å². The third-order valence-electron chi connectivity index (χ3n) is 3.86. The van der Waals surface area contributed by atoms with Crippen LogP contribution < -0.4 is 5.32 Å². The van der Waals surface area contributed by atoms with Crippen molar-refractivity contribution in [3.05, 3.63) is 30.5 Å². The molecule has 0 saturated carbocycles. The second-order valence-electron chi connectivity index (χ2n) is 5.37. The van der Waals surface area contributed by atoms with Crippen molar-refractivity contribution < 1.29 is 0 Å². The van der Waals surface area contributed by atoms with Crippen LogP contribution in [0.4, 0.5) is 5.82 Å². The van der Waals surface area contributed by atoms with Gasteiger partial charge in [-0.25, -0.2) is 4.98 Å². The Bertz CT molecular complexity index is 547. The molecule has 1 aromatic heterocycles. The second-order valence-corrected chi connectivity index (χ2v) is 5.37. The van der Waals surface area contributed by atoms with E-state index in [1.807, 2.05) is 30.5 Å².